The number of aliphatic carboxylic acids is 1. The van der Waals surface area contributed by atoms with E-state index >= 15 is 0 Å². The molecule has 5 nitrogen and oxygen atoms in total. The van der Waals surface area contributed by atoms with Crippen LogP contribution in [0, 0.1) is 0 Å². The van der Waals surface area contributed by atoms with Crippen molar-refractivity contribution in [2.75, 3.05) is 0 Å². The topological polar surface area (TPSA) is 88.5 Å². The van der Waals surface area contributed by atoms with Crippen molar-refractivity contribution in [1.82, 2.24) is 0 Å². The molecular formula is C8H8O5. The molecule has 1 N–H and O–H groups in total. The number of carbonyl (C=O) groups excluding carboxylic acids is 3. The molecule has 0 aromatic heterocycles. The molecule has 0 aliphatic rings. The predicted molar refractivity (Wildman–Crippen MR) is 42.1 cm³/mol. The molecule has 0 saturated carbocycles. The summed E-state index contributed by atoms with van der Waals surface area (Å²) in [5.41, 5.74) is 0. The second-order valence-electron chi connectivity index (χ2n) is 2.25. The van der Waals surface area contributed by atoms with Crippen LogP contribution in [0.2, 0.25) is 0 Å². The normalized spacial score (nSPS) is 9.85. The van der Waals surface area contributed by atoms with Crippen molar-refractivity contribution in [3.63, 3.8) is 0 Å². The summed E-state index contributed by atoms with van der Waals surface area (Å²) in [4.78, 5) is 41.2. The minimum Gasteiger partial charge on any atom is -0.481 e. The molecule has 5 heteroatoms. The van der Waals surface area contributed by atoms with Gasteiger partial charge in [-0.15, -0.1) is 0 Å². The number of hydrogen-bond acceptors (Lipinski definition) is 4. The summed E-state index contributed by atoms with van der Waals surface area (Å²) in [6.45, 7) is 0. The van der Waals surface area contributed by atoms with E-state index in [0.29, 0.717) is 6.29 Å². The number of carboxylic acids is 1. The highest BCUT2D eigenvalue weighted by Crippen LogP contribution is 1.92. The van der Waals surface area contributed by atoms with Gasteiger partial charge in [0.25, 0.3) is 0 Å². The third-order valence-electron chi connectivity index (χ3n) is 1.08. The summed E-state index contributed by atoms with van der Waals surface area (Å²) in [5, 5.41) is 8.17. The van der Waals surface area contributed by atoms with Gasteiger partial charge in [0.1, 0.15) is 12.7 Å². The number of carboxylic acid groups (broad SMARTS) is 1. The number of carbonyl (C=O) groups is 4. The van der Waals surface area contributed by atoms with Gasteiger partial charge in [0.2, 0.25) is 0 Å². The van der Waals surface area contributed by atoms with Gasteiger partial charge in [-0.25, -0.2) is 0 Å². The van der Waals surface area contributed by atoms with Gasteiger partial charge < -0.3 is 5.11 Å². The first-order valence-corrected chi connectivity index (χ1v) is 3.44. The summed E-state index contributed by atoms with van der Waals surface area (Å²) in [5.74, 6) is -2.51. The summed E-state index contributed by atoms with van der Waals surface area (Å²) >= 11 is 0. The Labute approximate surface area is 74.0 Å². The molecule has 0 bridgehead atoms. The van der Waals surface area contributed by atoms with E-state index in [2.05, 4.69) is 0 Å². The van der Waals surface area contributed by atoms with E-state index in [1.807, 2.05) is 0 Å². The van der Waals surface area contributed by atoms with Gasteiger partial charge in [0, 0.05) is 0 Å². The maximum atomic E-state index is 10.7. The van der Waals surface area contributed by atoms with Crippen molar-refractivity contribution in [3.8, 4) is 0 Å². The zero-order chi connectivity index (χ0) is 10.3. The summed E-state index contributed by atoms with van der Waals surface area (Å²) < 4.78 is 0. The van der Waals surface area contributed by atoms with Crippen LogP contribution in [0.1, 0.15) is 12.8 Å². The molecule has 0 heterocycles. The minimum atomic E-state index is -1.27. The van der Waals surface area contributed by atoms with Gasteiger partial charge in [-0.1, -0.05) is 0 Å². The Morgan fingerprint density at radius 1 is 1.15 bits per heavy atom. The molecule has 0 fully saturated rings. The maximum absolute atomic E-state index is 10.7. The average molecular weight is 184 g/mol. The highest BCUT2D eigenvalue weighted by molar-refractivity contribution is 6.09. The second kappa shape index (κ2) is 5.82. The van der Waals surface area contributed by atoms with E-state index in [0.717, 1.165) is 12.2 Å². The largest absolute Gasteiger partial charge is 0.481 e. The fourth-order valence-corrected chi connectivity index (χ4v) is 0.631. The SMILES string of the molecule is O=C/C=C\C(=O)CC(=O)CC(=O)O. The average Bonchev–Trinajstić information content (AvgIpc) is 1.98. The summed E-state index contributed by atoms with van der Waals surface area (Å²) in [6, 6.07) is 0. The Bertz CT molecular complexity index is 264. The van der Waals surface area contributed by atoms with Crippen LogP contribution in [0.15, 0.2) is 12.2 Å². The third-order valence-corrected chi connectivity index (χ3v) is 1.08. The molecule has 0 aromatic carbocycles. The first-order chi connectivity index (χ1) is 6.06. The van der Waals surface area contributed by atoms with Crippen LogP contribution in [-0.2, 0) is 19.2 Å². The Kier molecular flexibility index (Phi) is 5.02. The smallest absolute Gasteiger partial charge is 0.310 e. The Morgan fingerprint density at radius 2 is 1.77 bits per heavy atom. The minimum absolute atomic E-state index is 0.402. The Balaban J connectivity index is 3.92. The van der Waals surface area contributed by atoms with Gasteiger partial charge >= 0.3 is 5.97 Å². The number of Topliss-reactive ketones (excluding diaryl/α,β-unsaturated/α-hetero) is 1. The maximum Gasteiger partial charge on any atom is 0.310 e. The third kappa shape index (κ3) is 6.61. The molecule has 0 amide bonds. The zero-order valence-electron chi connectivity index (χ0n) is 6.73. The molecule has 0 atom stereocenters. The van der Waals surface area contributed by atoms with Crippen LogP contribution >= 0.6 is 0 Å². The predicted octanol–water partition coefficient (Wildman–Crippen LogP) is -0.255. The summed E-state index contributed by atoms with van der Waals surface area (Å²) in [6.07, 6.45) is 1.15. The highest BCUT2D eigenvalue weighted by Gasteiger charge is 2.10. The Morgan fingerprint density at radius 3 is 2.23 bits per heavy atom. The number of ketones is 2. The van der Waals surface area contributed by atoms with Crippen molar-refractivity contribution in [3.05, 3.63) is 12.2 Å². The highest BCUT2D eigenvalue weighted by atomic mass is 16.4. The van der Waals surface area contributed by atoms with E-state index in [-0.39, 0.29) is 0 Å². The fourth-order valence-electron chi connectivity index (χ4n) is 0.631. The first kappa shape index (κ1) is 11.2. The molecule has 0 aliphatic carbocycles. The molecule has 0 radical (unpaired) electrons. The Hall–Kier alpha value is -1.78. The van der Waals surface area contributed by atoms with Crippen LogP contribution in [0.3, 0.4) is 0 Å². The molecule has 13 heavy (non-hydrogen) atoms. The van der Waals surface area contributed by atoms with Crippen LogP contribution in [0.4, 0.5) is 0 Å². The van der Waals surface area contributed by atoms with Crippen LogP contribution in [0.5, 0.6) is 0 Å². The monoisotopic (exact) mass is 184 g/mol. The number of aldehydes is 1. The molecule has 0 saturated heterocycles. The van der Waals surface area contributed by atoms with Crippen molar-refractivity contribution in [1.29, 1.82) is 0 Å². The van der Waals surface area contributed by atoms with Crippen molar-refractivity contribution in [2.45, 2.75) is 12.8 Å². The van der Waals surface area contributed by atoms with E-state index in [9.17, 15) is 19.2 Å². The van der Waals surface area contributed by atoms with Gasteiger partial charge in [-0.2, -0.15) is 0 Å². The van der Waals surface area contributed by atoms with Crippen LogP contribution in [0.25, 0.3) is 0 Å². The molecule has 0 rings (SSSR count). The standard InChI is InChI=1S/C8H8O5/c9-3-1-2-6(10)4-7(11)5-8(12)13/h1-3H,4-5H2,(H,12,13)/b2-1-. The van der Waals surface area contributed by atoms with Gasteiger partial charge in [-0.3, -0.25) is 19.2 Å². The molecule has 0 unspecified atom stereocenters. The van der Waals surface area contributed by atoms with Crippen molar-refractivity contribution in [2.24, 2.45) is 0 Å². The molecular weight excluding hydrogens is 176 g/mol. The second-order valence-corrected chi connectivity index (χ2v) is 2.25. The lowest BCUT2D eigenvalue weighted by Gasteiger charge is -1.91. The fraction of sp³-hybridized carbons (Fsp3) is 0.250. The van der Waals surface area contributed by atoms with Crippen LogP contribution < -0.4 is 0 Å². The lowest BCUT2D eigenvalue weighted by atomic mass is 10.1. The van der Waals surface area contributed by atoms with E-state index in [1.54, 1.807) is 0 Å². The van der Waals surface area contributed by atoms with Gasteiger partial charge in [0.05, 0.1) is 6.42 Å². The van der Waals surface area contributed by atoms with Crippen molar-refractivity contribution >= 4 is 23.8 Å². The number of allylic oxidation sites excluding steroid dienone is 2. The van der Waals surface area contributed by atoms with E-state index in [4.69, 9.17) is 5.11 Å². The lowest BCUT2D eigenvalue weighted by Crippen LogP contribution is -2.10. The molecule has 70 valence electrons. The van der Waals surface area contributed by atoms with Crippen molar-refractivity contribution < 1.29 is 24.3 Å². The number of rotatable bonds is 6. The van der Waals surface area contributed by atoms with Gasteiger partial charge in [0.15, 0.2) is 11.6 Å². The molecule has 0 aromatic rings. The number of hydrogen-bond donors (Lipinski definition) is 1. The van der Waals surface area contributed by atoms with E-state index < -0.39 is 30.4 Å². The van der Waals surface area contributed by atoms with Gasteiger partial charge in [-0.05, 0) is 12.2 Å². The molecule has 0 aliphatic heterocycles. The zero-order valence-corrected chi connectivity index (χ0v) is 6.73. The van der Waals surface area contributed by atoms with Crippen LogP contribution in [-0.4, -0.2) is 28.9 Å². The quantitative estimate of drug-likeness (QED) is 0.349. The molecule has 0 spiro atoms. The van der Waals surface area contributed by atoms with E-state index in [1.165, 1.54) is 0 Å². The first-order valence-electron chi connectivity index (χ1n) is 3.44. The lowest BCUT2D eigenvalue weighted by molar-refractivity contribution is -0.140. The summed E-state index contributed by atoms with van der Waals surface area (Å²) in [7, 11) is 0.